The molecule has 2 aliphatic rings. The lowest BCUT2D eigenvalue weighted by Gasteiger charge is -2.41. The molecule has 1 aliphatic carbocycles. The second-order valence-electron chi connectivity index (χ2n) is 9.03. The molecule has 174 valence electrons. The highest BCUT2D eigenvalue weighted by Gasteiger charge is 2.44. The highest BCUT2D eigenvalue weighted by atomic mass is 127. The van der Waals surface area contributed by atoms with E-state index in [-0.39, 0.29) is 24.0 Å². The van der Waals surface area contributed by atoms with E-state index in [1.54, 1.807) is 0 Å². The summed E-state index contributed by atoms with van der Waals surface area (Å²) in [6, 6.07) is 16.9. The summed E-state index contributed by atoms with van der Waals surface area (Å²) in [5, 5.41) is 15.9. The Morgan fingerprint density at radius 3 is 2.61 bits per heavy atom. The molecule has 4 rings (SSSR count). The highest BCUT2D eigenvalue weighted by molar-refractivity contribution is 14.1. The summed E-state index contributed by atoms with van der Waals surface area (Å²) in [5.74, 6) is 0.628. The second kappa shape index (κ2) is 10.6. The van der Waals surface area contributed by atoms with Crippen LogP contribution in [0.1, 0.15) is 62.6 Å². The molecule has 2 aromatic rings. The van der Waals surface area contributed by atoms with Gasteiger partial charge in [0.05, 0.1) is 24.6 Å². The van der Waals surface area contributed by atoms with Gasteiger partial charge in [0.15, 0.2) is 0 Å². The Balaban J connectivity index is 1.61. The summed E-state index contributed by atoms with van der Waals surface area (Å²) in [6.07, 6.45) is 4.52. The van der Waals surface area contributed by atoms with Gasteiger partial charge >= 0.3 is 6.03 Å². The van der Waals surface area contributed by atoms with E-state index in [1.807, 2.05) is 44.2 Å². The van der Waals surface area contributed by atoms with E-state index in [1.165, 1.54) is 6.42 Å². The van der Waals surface area contributed by atoms with Crippen molar-refractivity contribution in [2.45, 2.75) is 63.6 Å². The van der Waals surface area contributed by atoms with Crippen LogP contribution >= 0.6 is 22.6 Å². The van der Waals surface area contributed by atoms with Gasteiger partial charge in [-0.2, -0.15) is 5.26 Å². The third kappa shape index (κ3) is 5.21. The van der Waals surface area contributed by atoms with Crippen molar-refractivity contribution in [3.8, 4) is 11.8 Å². The summed E-state index contributed by atoms with van der Waals surface area (Å²) in [6.45, 7) is 4.56. The Morgan fingerprint density at radius 2 is 2.00 bits per heavy atom. The first kappa shape index (κ1) is 23.7. The van der Waals surface area contributed by atoms with Gasteiger partial charge in [0, 0.05) is 34.0 Å². The lowest BCUT2D eigenvalue weighted by molar-refractivity contribution is 0.250. The molecule has 2 atom stereocenters. The number of hydrogen-bond donors (Lipinski definition) is 2. The third-order valence-corrected chi connectivity index (χ3v) is 7.08. The minimum atomic E-state index is -0.243. The van der Waals surface area contributed by atoms with Crippen LogP contribution in [0.15, 0.2) is 42.5 Å². The molecule has 1 heterocycles. The van der Waals surface area contributed by atoms with E-state index >= 15 is 0 Å². The average molecular weight is 558 g/mol. The highest BCUT2D eigenvalue weighted by Crippen LogP contribution is 2.53. The lowest BCUT2D eigenvalue weighted by Crippen LogP contribution is -2.41. The Bertz CT molecular complexity index is 1010. The topological polar surface area (TPSA) is 77.4 Å². The van der Waals surface area contributed by atoms with Gasteiger partial charge in [-0.05, 0) is 68.9 Å². The number of rotatable bonds is 8. The molecule has 2 amide bonds. The van der Waals surface area contributed by atoms with Crippen LogP contribution in [-0.4, -0.2) is 29.1 Å². The molecule has 0 saturated heterocycles. The Labute approximate surface area is 209 Å². The van der Waals surface area contributed by atoms with Gasteiger partial charge in [0.1, 0.15) is 5.75 Å². The maximum Gasteiger partial charge on any atom is 0.319 e. The molecule has 7 heteroatoms. The van der Waals surface area contributed by atoms with Crippen molar-refractivity contribution in [3.05, 3.63) is 53.6 Å². The first-order valence-electron chi connectivity index (χ1n) is 11.7. The number of nitrogens with one attached hydrogen (secondary N) is 2. The van der Waals surface area contributed by atoms with Crippen molar-refractivity contribution in [3.63, 3.8) is 0 Å². The minimum absolute atomic E-state index is 0.0431. The molecular weight excluding hydrogens is 527 g/mol. The number of nitriles is 1. The van der Waals surface area contributed by atoms with Crippen molar-refractivity contribution in [1.82, 2.24) is 5.32 Å². The number of nitrogens with zero attached hydrogens (tertiary/aromatic N) is 2. The van der Waals surface area contributed by atoms with Gasteiger partial charge in [-0.25, -0.2) is 4.79 Å². The van der Waals surface area contributed by atoms with Gasteiger partial charge in [-0.1, -0.05) is 40.8 Å². The summed E-state index contributed by atoms with van der Waals surface area (Å²) < 4.78 is 7.05. The molecule has 0 radical (unpaired) electrons. The largest absolute Gasteiger partial charge is 0.493 e. The molecule has 1 fully saturated rings. The fourth-order valence-corrected chi connectivity index (χ4v) is 4.91. The van der Waals surface area contributed by atoms with Crippen LogP contribution in [0.25, 0.3) is 0 Å². The molecule has 1 aliphatic heterocycles. The van der Waals surface area contributed by atoms with E-state index in [0.717, 1.165) is 51.9 Å². The standard InChI is InChI=1S/C26H31IN4O2/c1-17(2)29-26(32)30-19-9-7-18(8-10-19)25-23(16-28)22-12-11-21(33-14-4-13-27)15-24(22)31(25)20-5-3-6-20/h7-12,15,17,20,23,25H,3-6,13-14H2,1-2H3,(H2,29,30,32). The molecule has 33 heavy (non-hydrogen) atoms. The molecule has 1 saturated carbocycles. The number of fused-ring (bicyclic) bond motifs is 1. The minimum Gasteiger partial charge on any atom is -0.493 e. The summed E-state index contributed by atoms with van der Waals surface area (Å²) in [7, 11) is 0. The van der Waals surface area contributed by atoms with E-state index in [4.69, 9.17) is 4.74 Å². The first-order valence-corrected chi connectivity index (χ1v) is 13.2. The molecule has 0 spiro atoms. The van der Waals surface area contributed by atoms with Gasteiger partial charge in [-0.3, -0.25) is 0 Å². The van der Waals surface area contributed by atoms with Crippen LogP contribution < -0.4 is 20.3 Å². The van der Waals surface area contributed by atoms with Crippen LogP contribution in [0.5, 0.6) is 5.75 Å². The fourth-order valence-electron chi connectivity index (χ4n) is 4.60. The first-order chi connectivity index (χ1) is 16.0. The molecule has 2 aromatic carbocycles. The van der Waals surface area contributed by atoms with E-state index in [2.05, 4.69) is 56.3 Å². The maximum atomic E-state index is 12.0. The van der Waals surface area contributed by atoms with Gasteiger partial charge < -0.3 is 20.3 Å². The zero-order valence-electron chi connectivity index (χ0n) is 19.2. The molecule has 0 aromatic heterocycles. The summed E-state index contributed by atoms with van der Waals surface area (Å²) >= 11 is 2.36. The monoisotopic (exact) mass is 558 g/mol. The molecule has 0 bridgehead atoms. The van der Waals surface area contributed by atoms with E-state index in [0.29, 0.717) is 12.6 Å². The average Bonchev–Trinajstić information content (AvgIpc) is 3.06. The van der Waals surface area contributed by atoms with Crippen LogP contribution in [0.4, 0.5) is 16.2 Å². The second-order valence-corrected chi connectivity index (χ2v) is 10.1. The van der Waals surface area contributed by atoms with Crippen LogP contribution in [0.2, 0.25) is 0 Å². The summed E-state index contributed by atoms with van der Waals surface area (Å²) in [4.78, 5) is 14.5. The quantitative estimate of drug-likeness (QED) is 0.232. The molecule has 6 nitrogen and oxygen atoms in total. The zero-order chi connectivity index (χ0) is 23.4. The fraction of sp³-hybridized carbons (Fsp3) is 0.462. The third-order valence-electron chi connectivity index (χ3n) is 6.31. The number of hydrogen-bond acceptors (Lipinski definition) is 4. The normalized spacial score (nSPS) is 19.5. The zero-order valence-corrected chi connectivity index (χ0v) is 21.3. The van der Waals surface area contributed by atoms with Crippen molar-refractivity contribution < 1.29 is 9.53 Å². The molecule has 2 N–H and O–H groups in total. The van der Waals surface area contributed by atoms with Gasteiger partial charge in [0.2, 0.25) is 0 Å². The Hall–Kier alpha value is -2.47. The van der Waals surface area contributed by atoms with Crippen LogP contribution in [0, 0.1) is 11.3 Å². The number of alkyl halides is 1. The van der Waals surface area contributed by atoms with Gasteiger partial charge in [-0.15, -0.1) is 0 Å². The van der Waals surface area contributed by atoms with E-state index in [9.17, 15) is 10.1 Å². The number of halogens is 1. The number of carbonyl (C=O) groups excluding carboxylic acids is 1. The number of anilines is 2. The number of ether oxygens (including phenoxy) is 1. The van der Waals surface area contributed by atoms with Crippen LogP contribution in [0.3, 0.4) is 0 Å². The number of amides is 2. The van der Waals surface area contributed by atoms with Gasteiger partial charge in [0.25, 0.3) is 0 Å². The predicted octanol–water partition coefficient (Wildman–Crippen LogP) is 6.14. The SMILES string of the molecule is CC(C)NC(=O)Nc1ccc(C2C(C#N)c3ccc(OCCCI)cc3N2C2CCC2)cc1. The molecular formula is C26H31IN4O2. The Kier molecular flexibility index (Phi) is 7.63. The predicted molar refractivity (Wildman–Crippen MR) is 140 cm³/mol. The molecule has 2 unspecified atom stereocenters. The van der Waals surface area contributed by atoms with Crippen molar-refractivity contribution in [1.29, 1.82) is 5.26 Å². The van der Waals surface area contributed by atoms with Crippen LogP contribution in [-0.2, 0) is 0 Å². The number of carbonyl (C=O) groups is 1. The number of benzene rings is 2. The lowest BCUT2D eigenvalue weighted by atomic mass is 9.87. The Morgan fingerprint density at radius 1 is 1.24 bits per heavy atom. The van der Waals surface area contributed by atoms with Crippen molar-refractivity contribution >= 4 is 40.0 Å². The smallest absolute Gasteiger partial charge is 0.319 e. The maximum absolute atomic E-state index is 12.0. The van der Waals surface area contributed by atoms with Crippen molar-refractivity contribution in [2.75, 3.05) is 21.3 Å². The van der Waals surface area contributed by atoms with E-state index < -0.39 is 0 Å². The van der Waals surface area contributed by atoms with Crippen molar-refractivity contribution in [2.24, 2.45) is 0 Å². The summed E-state index contributed by atoms with van der Waals surface area (Å²) in [5.41, 5.74) is 4.03. The number of urea groups is 1.